The Morgan fingerprint density at radius 3 is 2.26 bits per heavy atom. The molecule has 0 heterocycles. The molecule has 0 aliphatic heterocycles. The highest BCUT2D eigenvalue weighted by Gasteiger charge is 2.05. The molecule has 0 bridgehead atoms. The third kappa shape index (κ3) is 7.65. The molecule has 2 rings (SSSR count). The van der Waals surface area contributed by atoms with Gasteiger partial charge in [-0.2, -0.15) is 5.10 Å². The summed E-state index contributed by atoms with van der Waals surface area (Å²) in [5.41, 5.74) is 4.91. The molecule has 27 heavy (non-hydrogen) atoms. The van der Waals surface area contributed by atoms with E-state index in [9.17, 15) is 4.79 Å². The Kier molecular flexibility index (Phi) is 9.11. The van der Waals surface area contributed by atoms with Crippen LogP contribution in [-0.4, -0.2) is 18.2 Å². The molecule has 0 saturated heterocycles. The van der Waals surface area contributed by atoms with Gasteiger partial charge in [0.2, 0.25) is 0 Å². The van der Waals surface area contributed by atoms with Crippen LogP contribution in [0.15, 0.2) is 59.7 Å². The average Bonchev–Trinajstić information content (AvgIpc) is 2.72. The zero-order valence-corrected chi connectivity index (χ0v) is 16.4. The van der Waals surface area contributed by atoms with Crippen molar-refractivity contribution in [3.05, 3.63) is 65.7 Å². The van der Waals surface area contributed by atoms with Gasteiger partial charge in [0.1, 0.15) is 5.75 Å². The van der Waals surface area contributed by atoms with Crippen LogP contribution >= 0.6 is 0 Å². The van der Waals surface area contributed by atoms with E-state index < -0.39 is 0 Å². The lowest BCUT2D eigenvalue weighted by molar-refractivity contribution is 0.0955. The quantitative estimate of drug-likeness (QED) is 0.321. The molecule has 144 valence electrons. The summed E-state index contributed by atoms with van der Waals surface area (Å²) in [7, 11) is 0. The summed E-state index contributed by atoms with van der Waals surface area (Å²) in [6.07, 6.45) is 7.46. The Balaban J connectivity index is 1.75. The number of hydrogen-bond donors (Lipinski definition) is 1. The SMILES string of the molecule is CCCCCCCCOc1ccc(C(=O)NN=C(C)c2ccccc2)cc1. The second kappa shape index (κ2) is 11.9. The van der Waals surface area contributed by atoms with Crippen molar-refractivity contribution in [2.45, 2.75) is 52.4 Å². The largest absolute Gasteiger partial charge is 0.494 e. The Labute approximate surface area is 162 Å². The summed E-state index contributed by atoms with van der Waals surface area (Å²) in [4.78, 5) is 12.2. The van der Waals surface area contributed by atoms with E-state index in [1.54, 1.807) is 12.1 Å². The van der Waals surface area contributed by atoms with Crippen molar-refractivity contribution in [3.8, 4) is 5.75 Å². The van der Waals surface area contributed by atoms with E-state index >= 15 is 0 Å². The highest BCUT2D eigenvalue weighted by Crippen LogP contribution is 2.13. The molecule has 0 unspecified atom stereocenters. The fourth-order valence-electron chi connectivity index (χ4n) is 2.72. The van der Waals surface area contributed by atoms with Crippen molar-refractivity contribution in [1.29, 1.82) is 0 Å². The van der Waals surface area contributed by atoms with Crippen molar-refractivity contribution in [2.24, 2.45) is 5.10 Å². The number of amides is 1. The average molecular weight is 367 g/mol. The lowest BCUT2D eigenvalue weighted by Crippen LogP contribution is -2.19. The molecule has 0 saturated carbocycles. The van der Waals surface area contributed by atoms with Crippen molar-refractivity contribution in [1.82, 2.24) is 5.43 Å². The van der Waals surface area contributed by atoms with Gasteiger partial charge in [-0.1, -0.05) is 69.4 Å². The highest BCUT2D eigenvalue weighted by molar-refractivity contribution is 6.00. The van der Waals surface area contributed by atoms with Crippen molar-refractivity contribution < 1.29 is 9.53 Å². The summed E-state index contributed by atoms with van der Waals surface area (Å²) in [5.74, 6) is 0.567. The number of unbranched alkanes of at least 4 members (excludes halogenated alkanes) is 5. The molecule has 0 spiro atoms. The predicted octanol–water partition coefficient (Wildman–Crippen LogP) is 5.58. The number of hydrazone groups is 1. The third-order valence-electron chi connectivity index (χ3n) is 4.40. The van der Waals surface area contributed by atoms with E-state index in [2.05, 4.69) is 17.5 Å². The molecule has 0 atom stereocenters. The van der Waals surface area contributed by atoms with Gasteiger partial charge in [-0.15, -0.1) is 0 Å². The van der Waals surface area contributed by atoms with Crippen molar-refractivity contribution >= 4 is 11.6 Å². The second-order valence-electron chi connectivity index (χ2n) is 6.64. The molecular weight excluding hydrogens is 336 g/mol. The number of benzene rings is 2. The number of carbonyl (C=O) groups is 1. The topological polar surface area (TPSA) is 50.7 Å². The maximum Gasteiger partial charge on any atom is 0.271 e. The van der Waals surface area contributed by atoms with E-state index in [1.807, 2.05) is 49.4 Å². The molecule has 2 aromatic carbocycles. The second-order valence-corrected chi connectivity index (χ2v) is 6.64. The molecule has 2 aromatic rings. The Morgan fingerprint density at radius 2 is 1.56 bits per heavy atom. The number of ether oxygens (including phenoxy) is 1. The Morgan fingerprint density at radius 1 is 0.889 bits per heavy atom. The highest BCUT2D eigenvalue weighted by atomic mass is 16.5. The van der Waals surface area contributed by atoms with Gasteiger partial charge in [0.25, 0.3) is 5.91 Å². The molecule has 0 aliphatic carbocycles. The standard InChI is InChI=1S/C23H30N2O2/c1-3-4-5-6-7-11-18-27-22-16-14-21(15-17-22)23(26)25-24-19(2)20-12-9-8-10-13-20/h8-10,12-17H,3-7,11,18H2,1-2H3,(H,25,26). The van der Waals surface area contributed by atoms with Gasteiger partial charge >= 0.3 is 0 Å². The van der Waals surface area contributed by atoms with E-state index in [1.165, 1.54) is 32.1 Å². The van der Waals surface area contributed by atoms with E-state index in [0.717, 1.165) is 30.1 Å². The van der Waals surface area contributed by atoms with Gasteiger partial charge in [0.05, 0.1) is 12.3 Å². The molecule has 4 nitrogen and oxygen atoms in total. The van der Waals surface area contributed by atoms with Crippen molar-refractivity contribution in [2.75, 3.05) is 6.61 Å². The summed E-state index contributed by atoms with van der Waals surface area (Å²) >= 11 is 0. The van der Waals surface area contributed by atoms with E-state index in [4.69, 9.17) is 4.74 Å². The van der Waals surface area contributed by atoms with Gasteiger partial charge in [-0.05, 0) is 43.2 Å². The van der Waals surface area contributed by atoms with Crippen LogP contribution in [0.3, 0.4) is 0 Å². The van der Waals surface area contributed by atoms with Crippen LogP contribution in [0.1, 0.15) is 68.3 Å². The van der Waals surface area contributed by atoms with E-state index in [0.29, 0.717) is 5.56 Å². The lowest BCUT2D eigenvalue weighted by Gasteiger charge is -2.07. The Bertz CT molecular complexity index is 709. The van der Waals surface area contributed by atoms with Crippen LogP contribution in [0.5, 0.6) is 5.75 Å². The van der Waals surface area contributed by atoms with Gasteiger partial charge in [0.15, 0.2) is 0 Å². The molecule has 4 heteroatoms. The fourth-order valence-corrected chi connectivity index (χ4v) is 2.72. The van der Waals surface area contributed by atoms with Crippen LogP contribution in [0.4, 0.5) is 0 Å². The monoisotopic (exact) mass is 366 g/mol. The first-order valence-electron chi connectivity index (χ1n) is 9.83. The molecule has 0 radical (unpaired) electrons. The summed E-state index contributed by atoms with van der Waals surface area (Å²) in [5, 5.41) is 4.17. The maximum atomic E-state index is 12.2. The first-order chi connectivity index (χ1) is 13.2. The zero-order valence-electron chi connectivity index (χ0n) is 16.4. The third-order valence-corrected chi connectivity index (χ3v) is 4.40. The van der Waals surface area contributed by atoms with E-state index in [-0.39, 0.29) is 5.91 Å². The number of hydrogen-bond acceptors (Lipinski definition) is 3. The number of carbonyl (C=O) groups excluding carboxylic acids is 1. The molecular formula is C23H30N2O2. The smallest absolute Gasteiger partial charge is 0.271 e. The minimum atomic E-state index is -0.229. The maximum absolute atomic E-state index is 12.2. The Hall–Kier alpha value is -2.62. The number of rotatable bonds is 11. The predicted molar refractivity (Wildman–Crippen MR) is 111 cm³/mol. The first kappa shape index (κ1) is 20.7. The summed E-state index contributed by atoms with van der Waals surface area (Å²) in [6, 6.07) is 17.0. The summed E-state index contributed by atoms with van der Waals surface area (Å²) in [6.45, 7) is 4.82. The normalized spacial score (nSPS) is 11.3. The van der Waals surface area contributed by atoms with Crippen LogP contribution in [-0.2, 0) is 0 Å². The van der Waals surface area contributed by atoms with Crippen LogP contribution in [0, 0.1) is 0 Å². The number of nitrogens with zero attached hydrogens (tertiary/aromatic N) is 1. The lowest BCUT2D eigenvalue weighted by atomic mass is 10.1. The van der Waals surface area contributed by atoms with Crippen LogP contribution in [0.25, 0.3) is 0 Å². The fraction of sp³-hybridized carbons (Fsp3) is 0.391. The van der Waals surface area contributed by atoms with Crippen molar-refractivity contribution in [3.63, 3.8) is 0 Å². The zero-order chi connectivity index (χ0) is 19.3. The van der Waals surface area contributed by atoms with Gasteiger partial charge in [0, 0.05) is 5.56 Å². The molecule has 1 amide bonds. The van der Waals surface area contributed by atoms with Gasteiger partial charge in [-0.3, -0.25) is 4.79 Å². The molecule has 0 aliphatic rings. The number of nitrogens with one attached hydrogen (secondary N) is 1. The molecule has 0 aromatic heterocycles. The van der Waals surface area contributed by atoms with Crippen LogP contribution in [0.2, 0.25) is 0 Å². The summed E-state index contributed by atoms with van der Waals surface area (Å²) < 4.78 is 5.74. The van der Waals surface area contributed by atoms with Gasteiger partial charge in [-0.25, -0.2) is 5.43 Å². The minimum absolute atomic E-state index is 0.229. The van der Waals surface area contributed by atoms with Crippen LogP contribution < -0.4 is 10.2 Å². The molecule has 0 fully saturated rings. The minimum Gasteiger partial charge on any atom is -0.494 e. The first-order valence-corrected chi connectivity index (χ1v) is 9.83. The molecule has 1 N–H and O–H groups in total. The van der Waals surface area contributed by atoms with Gasteiger partial charge < -0.3 is 4.74 Å².